The van der Waals surface area contributed by atoms with E-state index in [1.165, 1.54) is 17.7 Å². The molecule has 0 radical (unpaired) electrons. The molecule has 5 nitrogen and oxygen atoms in total. The number of sulfonamides is 1. The van der Waals surface area contributed by atoms with Crippen LogP contribution in [0.25, 0.3) is 0 Å². The van der Waals surface area contributed by atoms with Gasteiger partial charge in [0.25, 0.3) is 5.91 Å². The Kier molecular flexibility index (Phi) is 5.82. The smallest absolute Gasteiger partial charge is 0.252 e. The Bertz CT molecular complexity index is 998. The lowest BCUT2D eigenvalue weighted by Crippen LogP contribution is -2.39. The van der Waals surface area contributed by atoms with E-state index >= 15 is 0 Å². The Hall–Kier alpha value is -1.70. The highest BCUT2D eigenvalue weighted by molar-refractivity contribution is 9.10. The number of halogens is 1. The Morgan fingerprint density at radius 2 is 1.76 bits per heavy atom. The summed E-state index contributed by atoms with van der Waals surface area (Å²) < 4.78 is 28.3. The first-order valence-corrected chi connectivity index (χ1v) is 12.3. The standard InChI is InChI=1S/C22H25BrN2O3S/c23-20-11-10-18(29(27,28)25-17-8-9-17)14-19(20)21(26)24-15-22(12-4-5-13-22)16-6-2-1-3-7-16/h1-3,6-7,10-11,14,17,25H,4-5,8-9,12-13,15H2,(H,24,26). The number of hydrogen-bond donors (Lipinski definition) is 2. The first-order chi connectivity index (χ1) is 13.9. The van der Waals surface area contributed by atoms with E-state index in [2.05, 4.69) is 38.1 Å². The largest absolute Gasteiger partial charge is 0.351 e. The van der Waals surface area contributed by atoms with E-state index in [9.17, 15) is 13.2 Å². The van der Waals surface area contributed by atoms with Crippen molar-refractivity contribution in [2.75, 3.05) is 6.54 Å². The van der Waals surface area contributed by atoms with Crippen molar-refractivity contribution >= 4 is 31.9 Å². The molecule has 2 aromatic rings. The zero-order valence-corrected chi connectivity index (χ0v) is 18.6. The molecule has 1 amide bonds. The predicted octanol–water partition coefficient (Wildman–Crippen LogP) is 4.13. The van der Waals surface area contributed by atoms with Crippen molar-refractivity contribution in [1.29, 1.82) is 0 Å². The molecule has 2 fully saturated rings. The van der Waals surface area contributed by atoms with Crippen LogP contribution in [-0.4, -0.2) is 26.9 Å². The fourth-order valence-corrected chi connectivity index (χ4v) is 5.85. The molecule has 154 valence electrons. The van der Waals surface area contributed by atoms with Crippen molar-refractivity contribution in [1.82, 2.24) is 10.0 Å². The number of hydrogen-bond acceptors (Lipinski definition) is 3. The number of nitrogens with one attached hydrogen (secondary N) is 2. The van der Waals surface area contributed by atoms with Gasteiger partial charge in [-0.3, -0.25) is 4.79 Å². The van der Waals surface area contributed by atoms with Gasteiger partial charge in [-0.1, -0.05) is 43.2 Å². The first-order valence-electron chi connectivity index (χ1n) is 10.1. The van der Waals surface area contributed by atoms with E-state index in [0.29, 0.717) is 16.6 Å². The van der Waals surface area contributed by atoms with Gasteiger partial charge >= 0.3 is 0 Å². The van der Waals surface area contributed by atoms with Gasteiger partial charge in [-0.15, -0.1) is 0 Å². The monoisotopic (exact) mass is 476 g/mol. The van der Waals surface area contributed by atoms with Crippen LogP contribution in [0.15, 0.2) is 57.9 Å². The van der Waals surface area contributed by atoms with E-state index < -0.39 is 10.0 Å². The summed E-state index contributed by atoms with van der Waals surface area (Å²) in [6.45, 7) is 0.541. The van der Waals surface area contributed by atoms with E-state index in [0.717, 1.165) is 38.5 Å². The Balaban J connectivity index is 1.53. The minimum atomic E-state index is -3.61. The van der Waals surface area contributed by atoms with Crippen molar-refractivity contribution < 1.29 is 13.2 Å². The third-order valence-corrected chi connectivity index (χ3v) is 8.14. The minimum Gasteiger partial charge on any atom is -0.351 e. The van der Waals surface area contributed by atoms with E-state index in [4.69, 9.17) is 0 Å². The highest BCUT2D eigenvalue weighted by Gasteiger charge is 2.36. The van der Waals surface area contributed by atoms with Crippen LogP contribution >= 0.6 is 15.9 Å². The third-order valence-electron chi connectivity index (χ3n) is 5.93. The number of carbonyl (C=O) groups excluding carboxylic acids is 1. The third kappa shape index (κ3) is 4.57. The fraction of sp³-hybridized carbons (Fsp3) is 0.409. The van der Waals surface area contributed by atoms with E-state index in [1.54, 1.807) is 6.07 Å². The predicted molar refractivity (Wildman–Crippen MR) is 116 cm³/mol. The molecule has 0 atom stereocenters. The maximum absolute atomic E-state index is 13.0. The molecule has 2 saturated carbocycles. The molecular weight excluding hydrogens is 452 g/mol. The molecule has 0 spiro atoms. The molecule has 29 heavy (non-hydrogen) atoms. The average molecular weight is 477 g/mol. The second kappa shape index (κ2) is 8.20. The summed E-state index contributed by atoms with van der Waals surface area (Å²) in [5, 5.41) is 3.07. The van der Waals surface area contributed by atoms with Crippen LogP contribution in [0, 0.1) is 0 Å². The summed E-state index contributed by atoms with van der Waals surface area (Å²) in [4.78, 5) is 13.1. The van der Waals surface area contributed by atoms with Crippen LogP contribution < -0.4 is 10.0 Å². The quantitative estimate of drug-likeness (QED) is 0.630. The molecule has 2 aliphatic rings. The normalized spacial score (nSPS) is 18.5. The minimum absolute atomic E-state index is 0.0222. The zero-order valence-electron chi connectivity index (χ0n) is 16.2. The molecule has 2 N–H and O–H groups in total. The molecule has 0 aromatic heterocycles. The summed E-state index contributed by atoms with van der Waals surface area (Å²) >= 11 is 3.40. The van der Waals surface area contributed by atoms with Crippen LogP contribution in [0.2, 0.25) is 0 Å². The number of carbonyl (C=O) groups is 1. The van der Waals surface area contributed by atoms with Gasteiger partial charge in [0.05, 0.1) is 10.5 Å². The zero-order chi connectivity index (χ0) is 20.5. The number of rotatable bonds is 7. The van der Waals surface area contributed by atoms with Crippen molar-refractivity contribution in [3.63, 3.8) is 0 Å². The van der Waals surface area contributed by atoms with Crippen molar-refractivity contribution in [3.8, 4) is 0 Å². The van der Waals surface area contributed by atoms with Crippen LogP contribution in [0.3, 0.4) is 0 Å². The number of amides is 1. The van der Waals surface area contributed by atoms with Gasteiger partial charge in [0.1, 0.15) is 0 Å². The SMILES string of the molecule is O=C(NCC1(c2ccccc2)CCCC1)c1cc(S(=O)(=O)NC2CC2)ccc1Br. The number of benzene rings is 2. The topological polar surface area (TPSA) is 75.3 Å². The second-order valence-electron chi connectivity index (χ2n) is 8.07. The van der Waals surface area contributed by atoms with Gasteiger partial charge in [-0.25, -0.2) is 13.1 Å². The lowest BCUT2D eigenvalue weighted by atomic mass is 9.79. The fourth-order valence-electron chi connectivity index (χ4n) is 4.09. The lowest BCUT2D eigenvalue weighted by molar-refractivity contribution is 0.0942. The van der Waals surface area contributed by atoms with Gasteiger partial charge in [0.2, 0.25) is 10.0 Å². The summed E-state index contributed by atoms with van der Waals surface area (Å²) in [5.41, 5.74) is 1.53. The van der Waals surface area contributed by atoms with Crippen LogP contribution in [0.5, 0.6) is 0 Å². The molecule has 0 saturated heterocycles. The van der Waals surface area contributed by atoms with Gasteiger partial charge < -0.3 is 5.32 Å². The molecule has 2 aliphatic carbocycles. The van der Waals surface area contributed by atoms with Gasteiger partial charge in [0, 0.05) is 22.5 Å². The van der Waals surface area contributed by atoms with Gasteiger partial charge in [-0.05, 0) is 65.4 Å². The van der Waals surface area contributed by atoms with Crippen molar-refractivity contribution in [2.45, 2.75) is 54.9 Å². The van der Waals surface area contributed by atoms with Crippen LogP contribution in [0.4, 0.5) is 0 Å². The highest BCUT2D eigenvalue weighted by Crippen LogP contribution is 2.40. The summed E-state index contributed by atoms with van der Waals surface area (Å²) in [6.07, 6.45) is 6.11. The Morgan fingerprint density at radius 1 is 1.07 bits per heavy atom. The molecule has 0 aliphatic heterocycles. The molecule has 7 heteroatoms. The molecular formula is C22H25BrN2O3S. The van der Waals surface area contributed by atoms with Gasteiger partial charge in [0.15, 0.2) is 0 Å². The molecule has 0 heterocycles. The second-order valence-corrected chi connectivity index (χ2v) is 10.6. The van der Waals surface area contributed by atoms with E-state index in [1.807, 2.05) is 18.2 Å². The Labute approximate surface area is 180 Å². The first kappa shape index (κ1) is 20.6. The van der Waals surface area contributed by atoms with Crippen molar-refractivity contribution in [2.24, 2.45) is 0 Å². The summed E-state index contributed by atoms with van der Waals surface area (Å²) in [6, 6.07) is 15.0. The maximum atomic E-state index is 13.0. The van der Waals surface area contributed by atoms with Crippen molar-refractivity contribution in [3.05, 3.63) is 64.1 Å². The summed E-state index contributed by atoms with van der Waals surface area (Å²) in [5.74, 6) is -0.262. The molecule has 0 bridgehead atoms. The average Bonchev–Trinajstić information content (AvgIpc) is 3.39. The lowest BCUT2D eigenvalue weighted by Gasteiger charge is -2.30. The van der Waals surface area contributed by atoms with Crippen LogP contribution in [0.1, 0.15) is 54.4 Å². The molecule has 2 aromatic carbocycles. The molecule has 4 rings (SSSR count). The maximum Gasteiger partial charge on any atom is 0.252 e. The summed E-state index contributed by atoms with van der Waals surface area (Å²) in [7, 11) is -3.61. The molecule has 0 unspecified atom stereocenters. The van der Waals surface area contributed by atoms with Gasteiger partial charge in [-0.2, -0.15) is 0 Å². The Morgan fingerprint density at radius 3 is 2.41 bits per heavy atom. The van der Waals surface area contributed by atoms with Crippen LogP contribution in [-0.2, 0) is 15.4 Å². The highest BCUT2D eigenvalue weighted by atomic mass is 79.9. The van der Waals surface area contributed by atoms with E-state index in [-0.39, 0.29) is 22.3 Å².